The lowest BCUT2D eigenvalue weighted by Crippen LogP contribution is -2.04. The van der Waals surface area contributed by atoms with E-state index in [2.05, 4.69) is 15.4 Å². The maximum absolute atomic E-state index is 10.5. The van der Waals surface area contributed by atoms with Gasteiger partial charge in [-0.2, -0.15) is 0 Å². The average Bonchev–Trinajstić information content (AvgIpc) is 2.65. The molecule has 0 fully saturated rings. The fourth-order valence-electron chi connectivity index (χ4n) is 1.39. The summed E-state index contributed by atoms with van der Waals surface area (Å²) in [6.07, 6.45) is -0.243. The van der Waals surface area contributed by atoms with Crippen molar-refractivity contribution in [1.82, 2.24) is 20.2 Å². The summed E-state index contributed by atoms with van der Waals surface area (Å²) in [4.78, 5) is 11.8. The third-order valence-corrected chi connectivity index (χ3v) is 2.37. The SMILES string of the molecule is Cc1cc(Cl)ccc1-n1nnc(CC(=O)O)n1. The minimum absolute atomic E-state index is 0.173. The summed E-state index contributed by atoms with van der Waals surface area (Å²) >= 11 is 5.84. The van der Waals surface area contributed by atoms with Gasteiger partial charge in [-0.1, -0.05) is 11.6 Å². The van der Waals surface area contributed by atoms with Crippen LogP contribution in [0.4, 0.5) is 0 Å². The quantitative estimate of drug-likeness (QED) is 0.889. The Hall–Kier alpha value is -1.95. The van der Waals surface area contributed by atoms with E-state index in [9.17, 15) is 4.79 Å². The largest absolute Gasteiger partial charge is 0.481 e. The van der Waals surface area contributed by atoms with Gasteiger partial charge in [-0.05, 0) is 35.9 Å². The van der Waals surface area contributed by atoms with Crippen molar-refractivity contribution in [1.29, 1.82) is 0 Å². The summed E-state index contributed by atoms with van der Waals surface area (Å²) in [5, 5.41) is 20.7. The first kappa shape index (κ1) is 11.5. The smallest absolute Gasteiger partial charge is 0.311 e. The van der Waals surface area contributed by atoms with Gasteiger partial charge in [0.05, 0.1) is 5.69 Å². The molecule has 0 spiro atoms. The average molecular weight is 253 g/mol. The van der Waals surface area contributed by atoms with Crippen molar-refractivity contribution in [2.24, 2.45) is 0 Å². The van der Waals surface area contributed by atoms with E-state index >= 15 is 0 Å². The van der Waals surface area contributed by atoms with Crippen LogP contribution in [0.15, 0.2) is 18.2 Å². The summed E-state index contributed by atoms with van der Waals surface area (Å²) in [6, 6.07) is 5.24. The molecule has 17 heavy (non-hydrogen) atoms. The van der Waals surface area contributed by atoms with Crippen molar-refractivity contribution in [3.8, 4) is 5.69 Å². The highest BCUT2D eigenvalue weighted by Gasteiger charge is 2.10. The van der Waals surface area contributed by atoms with E-state index in [4.69, 9.17) is 16.7 Å². The molecule has 1 aromatic carbocycles. The van der Waals surface area contributed by atoms with Crippen molar-refractivity contribution >= 4 is 17.6 Å². The lowest BCUT2D eigenvalue weighted by molar-refractivity contribution is -0.136. The molecule has 7 heteroatoms. The number of benzene rings is 1. The minimum Gasteiger partial charge on any atom is -0.481 e. The van der Waals surface area contributed by atoms with E-state index < -0.39 is 5.97 Å². The maximum Gasteiger partial charge on any atom is 0.311 e. The summed E-state index contributed by atoms with van der Waals surface area (Å²) in [6.45, 7) is 1.86. The van der Waals surface area contributed by atoms with Gasteiger partial charge < -0.3 is 5.11 Å². The highest BCUT2D eigenvalue weighted by Crippen LogP contribution is 2.17. The number of aromatic nitrogens is 4. The van der Waals surface area contributed by atoms with Crippen LogP contribution in [0.1, 0.15) is 11.4 Å². The Labute approximate surface area is 102 Å². The van der Waals surface area contributed by atoms with Gasteiger partial charge in [-0.25, -0.2) is 0 Å². The predicted octanol–water partition coefficient (Wildman–Crippen LogP) is 1.25. The van der Waals surface area contributed by atoms with Gasteiger partial charge in [0.25, 0.3) is 0 Å². The van der Waals surface area contributed by atoms with E-state index in [0.29, 0.717) is 5.02 Å². The fraction of sp³-hybridized carbons (Fsp3) is 0.200. The number of carboxylic acids is 1. The molecule has 0 aliphatic heterocycles. The van der Waals surface area contributed by atoms with Gasteiger partial charge in [-0.3, -0.25) is 4.79 Å². The highest BCUT2D eigenvalue weighted by molar-refractivity contribution is 6.30. The molecule has 1 heterocycles. The summed E-state index contributed by atoms with van der Waals surface area (Å²) in [7, 11) is 0. The van der Waals surface area contributed by atoms with Crippen LogP contribution in [-0.2, 0) is 11.2 Å². The third kappa shape index (κ3) is 2.59. The second-order valence-electron chi connectivity index (χ2n) is 3.50. The Morgan fingerprint density at radius 1 is 1.53 bits per heavy atom. The molecular formula is C10H9ClN4O2. The first-order chi connectivity index (χ1) is 8.06. The normalized spacial score (nSPS) is 10.5. The molecule has 0 aliphatic carbocycles. The molecule has 0 amide bonds. The zero-order chi connectivity index (χ0) is 12.4. The van der Waals surface area contributed by atoms with Gasteiger partial charge in [0.2, 0.25) is 0 Å². The van der Waals surface area contributed by atoms with Gasteiger partial charge in [0.1, 0.15) is 6.42 Å². The van der Waals surface area contributed by atoms with E-state index in [1.54, 1.807) is 18.2 Å². The number of carbonyl (C=O) groups is 1. The highest BCUT2D eigenvalue weighted by atomic mass is 35.5. The number of tetrazole rings is 1. The van der Waals surface area contributed by atoms with Crippen LogP contribution in [0.3, 0.4) is 0 Å². The van der Waals surface area contributed by atoms with Crippen molar-refractivity contribution in [3.63, 3.8) is 0 Å². The van der Waals surface area contributed by atoms with Gasteiger partial charge in [-0.15, -0.1) is 15.0 Å². The molecule has 0 aliphatic rings. The standard InChI is InChI=1S/C10H9ClN4O2/c1-6-4-7(11)2-3-8(6)15-13-9(12-14-15)5-10(16)17/h2-4H,5H2,1H3,(H,16,17). The van der Waals surface area contributed by atoms with Crippen LogP contribution < -0.4 is 0 Å². The molecule has 6 nitrogen and oxygen atoms in total. The molecule has 0 bridgehead atoms. The first-order valence-electron chi connectivity index (χ1n) is 4.83. The Morgan fingerprint density at radius 3 is 2.94 bits per heavy atom. The number of aliphatic carboxylic acids is 1. The minimum atomic E-state index is -0.989. The summed E-state index contributed by atoms with van der Waals surface area (Å²) < 4.78 is 0. The fourth-order valence-corrected chi connectivity index (χ4v) is 1.62. The van der Waals surface area contributed by atoms with Crippen LogP contribution in [0, 0.1) is 6.92 Å². The van der Waals surface area contributed by atoms with Gasteiger partial charge in [0.15, 0.2) is 5.82 Å². The van der Waals surface area contributed by atoms with Gasteiger partial charge in [0, 0.05) is 5.02 Å². The number of nitrogens with zero attached hydrogens (tertiary/aromatic N) is 4. The second kappa shape index (κ2) is 4.50. The topological polar surface area (TPSA) is 80.9 Å². The van der Waals surface area contributed by atoms with E-state index in [1.807, 2.05) is 6.92 Å². The number of rotatable bonds is 3. The number of halogens is 1. The lowest BCUT2D eigenvalue weighted by atomic mass is 10.2. The van der Waals surface area contributed by atoms with Crippen molar-refractivity contribution in [2.75, 3.05) is 0 Å². The molecular weight excluding hydrogens is 244 g/mol. The zero-order valence-corrected chi connectivity index (χ0v) is 9.72. The molecule has 2 aromatic rings. The van der Waals surface area contributed by atoms with Crippen LogP contribution in [0.2, 0.25) is 5.02 Å². The molecule has 1 N–H and O–H groups in total. The second-order valence-corrected chi connectivity index (χ2v) is 3.93. The van der Waals surface area contributed by atoms with Crippen molar-refractivity contribution in [3.05, 3.63) is 34.6 Å². The van der Waals surface area contributed by atoms with Crippen LogP contribution >= 0.6 is 11.6 Å². The lowest BCUT2D eigenvalue weighted by Gasteiger charge is -2.02. The van der Waals surface area contributed by atoms with Crippen LogP contribution in [-0.4, -0.2) is 31.3 Å². The molecule has 0 saturated carbocycles. The molecule has 2 rings (SSSR count). The van der Waals surface area contributed by atoms with E-state index in [-0.39, 0.29) is 12.2 Å². The molecule has 0 unspecified atom stereocenters. The number of carboxylic acid groups (broad SMARTS) is 1. The third-order valence-electron chi connectivity index (χ3n) is 2.14. The Morgan fingerprint density at radius 2 is 2.29 bits per heavy atom. The van der Waals surface area contributed by atoms with Crippen LogP contribution in [0.5, 0.6) is 0 Å². The van der Waals surface area contributed by atoms with Gasteiger partial charge >= 0.3 is 5.97 Å². The van der Waals surface area contributed by atoms with E-state index in [1.165, 1.54) is 4.80 Å². The number of aryl methyl sites for hydroxylation is 1. The Kier molecular flexibility index (Phi) is 3.06. The van der Waals surface area contributed by atoms with Crippen molar-refractivity contribution < 1.29 is 9.90 Å². The van der Waals surface area contributed by atoms with Crippen LogP contribution in [0.25, 0.3) is 5.69 Å². The zero-order valence-electron chi connectivity index (χ0n) is 8.96. The molecule has 0 atom stereocenters. The number of hydrogen-bond donors (Lipinski definition) is 1. The number of hydrogen-bond acceptors (Lipinski definition) is 4. The Balaban J connectivity index is 2.33. The predicted molar refractivity (Wildman–Crippen MR) is 60.2 cm³/mol. The summed E-state index contributed by atoms with van der Waals surface area (Å²) in [5.41, 5.74) is 1.61. The molecule has 88 valence electrons. The maximum atomic E-state index is 10.5. The monoisotopic (exact) mass is 252 g/mol. The molecule has 0 radical (unpaired) electrons. The molecule has 0 saturated heterocycles. The molecule has 1 aromatic heterocycles. The van der Waals surface area contributed by atoms with E-state index in [0.717, 1.165) is 11.3 Å². The Bertz CT molecular complexity index is 567. The first-order valence-corrected chi connectivity index (χ1v) is 5.21. The van der Waals surface area contributed by atoms with Crippen molar-refractivity contribution in [2.45, 2.75) is 13.3 Å². The summed E-state index contributed by atoms with van der Waals surface area (Å²) in [5.74, 6) is -0.816.